The van der Waals surface area contributed by atoms with Gasteiger partial charge >= 0.3 is 0 Å². The zero-order valence-corrected chi connectivity index (χ0v) is 8.59. The monoisotopic (exact) mass is 203 g/mol. The molecule has 0 amide bonds. The lowest BCUT2D eigenvalue weighted by Crippen LogP contribution is -2.06. The Balaban J connectivity index is 2.49. The quantitative estimate of drug-likeness (QED) is 0.796. The summed E-state index contributed by atoms with van der Waals surface area (Å²) in [6.45, 7) is 2.58. The molecule has 0 atom stereocenters. The molecule has 5 heteroatoms. The minimum Gasteiger partial charge on any atom is -0.326 e. The maximum absolute atomic E-state index is 5.63. The molecule has 0 aliphatic heterocycles. The molecule has 0 radical (unpaired) electrons. The van der Waals surface area contributed by atoms with Crippen molar-refractivity contribution in [2.75, 3.05) is 0 Å². The average molecular weight is 203 g/mol. The van der Waals surface area contributed by atoms with Gasteiger partial charge in [-0.3, -0.25) is 0 Å². The van der Waals surface area contributed by atoms with Gasteiger partial charge in [0.1, 0.15) is 0 Å². The normalized spacial score (nSPS) is 10.5. The van der Waals surface area contributed by atoms with Crippen LogP contribution in [0.5, 0.6) is 0 Å². The van der Waals surface area contributed by atoms with E-state index >= 15 is 0 Å². The summed E-state index contributed by atoms with van der Waals surface area (Å²) >= 11 is 0. The molecule has 0 unspecified atom stereocenters. The molecule has 0 aromatic carbocycles. The second-order valence-electron chi connectivity index (χ2n) is 3.17. The Kier molecular flexibility index (Phi) is 2.73. The number of rotatable bonds is 3. The van der Waals surface area contributed by atoms with Crippen molar-refractivity contribution in [1.82, 2.24) is 20.0 Å². The van der Waals surface area contributed by atoms with Gasteiger partial charge in [-0.15, -0.1) is 5.10 Å². The SMILES string of the molecule is CCc1c(CN)cnn1-c1cccnn1. The molecule has 2 aromatic heterocycles. The second kappa shape index (κ2) is 4.18. The summed E-state index contributed by atoms with van der Waals surface area (Å²) in [7, 11) is 0. The van der Waals surface area contributed by atoms with E-state index in [4.69, 9.17) is 5.73 Å². The third-order valence-corrected chi connectivity index (χ3v) is 2.29. The van der Waals surface area contributed by atoms with Crippen LogP contribution in [-0.2, 0) is 13.0 Å². The van der Waals surface area contributed by atoms with Gasteiger partial charge in [-0.25, -0.2) is 4.68 Å². The first kappa shape index (κ1) is 9.79. The molecule has 5 nitrogen and oxygen atoms in total. The van der Waals surface area contributed by atoms with Crippen molar-refractivity contribution in [2.45, 2.75) is 19.9 Å². The Hall–Kier alpha value is -1.75. The molecule has 0 spiro atoms. The first-order valence-electron chi connectivity index (χ1n) is 4.90. The van der Waals surface area contributed by atoms with Crippen molar-refractivity contribution in [2.24, 2.45) is 5.73 Å². The first-order chi connectivity index (χ1) is 7.36. The number of hydrogen-bond donors (Lipinski definition) is 1. The van der Waals surface area contributed by atoms with Gasteiger partial charge in [-0.05, 0) is 18.6 Å². The van der Waals surface area contributed by atoms with Gasteiger partial charge in [0, 0.05) is 18.3 Å². The van der Waals surface area contributed by atoms with Crippen LogP contribution in [0.1, 0.15) is 18.2 Å². The highest BCUT2D eigenvalue weighted by Crippen LogP contribution is 2.12. The standard InChI is InChI=1S/C10H13N5/c1-2-9-8(6-11)7-13-15(9)10-4-3-5-12-14-10/h3-5,7H,2,6,11H2,1H3. The predicted molar refractivity (Wildman–Crippen MR) is 56.4 cm³/mol. The molecule has 2 heterocycles. The summed E-state index contributed by atoms with van der Waals surface area (Å²) in [5.74, 6) is 0.731. The summed E-state index contributed by atoms with van der Waals surface area (Å²) in [6, 6.07) is 3.71. The Morgan fingerprint density at radius 2 is 2.33 bits per heavy atom. The molecule has 0 bridgehead atoms. The predicted octanol–water partition coefficient (Wildman–Crippen LogP) is 0.683. The molecule has 0 saturated carbocycles. The molecular weight excluding hydrogens is 190 g/mol. The molecule has 2 N–H and O–H groups in total. The van der Waals surface area contributed by atoms with Crippen molar-refractivity contribution in [3.63, 3.8) is 0 Å². The minimum atomic E-state index is 0.503. The van der Waals surface area contributed by atoms with Crippen LogP contribution < -0.4 is 5.73 Å². The van der Waals surface area contributed by atoms with Crippen molar-refractivity contribution in [1.29, 1.82) is 0 Å². The van der Waals surface area contributed by atoms with Crippen LogP contribution in [0.2, 0.25) is 0 Å². The van der Waals surface area contributed by atoms with Gasteiger partial charge in [0.15, 0.2) is 5.82 Å². The maximum Gasteiger partial charge on any atom is 0.175 e. The highest BCUT2D eigenvalue weighted by atomic mass is 15.3. The van der Waals surface area contributed by atoms with Gasteiger partial charge in [0.2, 0.25) is 0 Å². The molecule has 15 heavy (non-hydrogen) atoms. The van der Waals surface area contributed by atoms with E-state index in [0.717, 1.165) is 23.5 Å². The highest BCUT2D eigenvalue weighted by molar-refractivity contribution is 5.27. The average Bonchev–Trinajstić information content (AvgIpc) is 2.72. The van der Waals surface area contributed by atoms with Crippen molar-refractivity contribution < 1.29 is 0 Å². The van der Waals surface area contributed by atoms with Gasteiger partial charge in [-0.2, -0.15) is 10.2 Å². The van der Waals surface area contributed by atoms with Crippen LogP contribution in [0.3, 0.4) is 0 Å². The minimum absolute atomic E-state index is 0.503. The van der Waals surface area contributed by atoms with E-state index in [1.165, 1.54) is 0 Å². The summed E-state index contributed by atoms with van der Waals surface area (Å²) < 4.78 is 1.79. The molecule has 0 aliphatic carbocycles. The van der Waals surface area contributed by atoms with Crippen molar-refractivity contribution in [3.8, 4) is 5.82 Å². The Morgan fingerprint density at radius 3 is 2.93 bits per heavy atom. The molecule has 2 rings (SSSR count). The fraction of sp³-hybridized carbons (Fsp3) is 0.300. The number of aromatic nitrogens is 4. The van der Waals surface area contributed by atoms with Crippen LogP contribution in [0.4, 0.5) is 0 Å². The van der Waals surface area contributed by atoms with Crippen LogP contribution in [0.15, 0.2) is 24.5 Å². The summed E-state index contributed by atoms with van der Waals surface area (Å²) in [6.07, 6.45) is 4.30. The molecule has 78 valence electrons. The van der Waals surface area contributed by atoms with Gasteiger partial charge < -0.3 is 5.73 Å². The van der Waals surface area contributed by atoms with Crippen molar-refractivity contribution >= 4 is 0 Å². The highest BCUT2D eigenvalue weighted by Gasteiger charge is 2.09. The third-order valence-electron chi connectivity index (χ3n) is 2.29. The number of nitrogens with two attached hydrogens (primary N) is 1. The van der Waals surface area contributed by atoms with Gasteiger partial charge in [0.25, 0.3) is 0 Å². The molecular formula is C10H13N5. The number of nitrogens with zero attached hydrogens (tertiary/aromatic N) is 4. The van der Waals surface area contributed by atoms with E-state index in [1.807, 2.05) is 12.1 Å². The lowest BCUT2D eigenvalue weighted by molar-refractivity contribution is 0.764. The fourth-order valence-electron chi connectivity index (χ4n) is 1.56. The smallest absolute Gasteiger partial charge is 0.175 e. The maximum atomic E-state index is 5.63. The van der Waals surface area contributed by atoms with Crippen LogP contribution in [-0.4, -0.2) is 20.0 Å². The van der Waals surface area contributed by atoms with E-state index in [-0.39, 0.29) is 0 Å². The van der Waals surface area contributed by atoms with Crippen LogP contribution >= 0.6 is 0 Å². The molecule has 2 aromatic rings. The van der Waals surface area contributed by atoms with Gasteiger partial charge in [0.05, 0.1) is 11.9 Å². The Bertz CT molecular complexity index is 434. The molecule has 0 fully saturated rings. The van der Waals surface area contributed by atoms with E-state index in [2.05, 4.69) is 22.2 Å². The first-order valence-corrected chi connectivity index (χ1v) is 4.90. The summed E-state index contributed by atoms with van der Waals surface area (Å²) in [5, 5.41) is 12.1. The second-order valence-corrected chi connectivity index (χ2v) is 3.17. The van der Waals surface area contributed by atoms with Crippen LogP contribution in [0.25, 0.3) is 5.82 Å². The van der Waals surface area contributed by atoms with E-state index in [9.17, 15) is 0 Å². The zero-order valence-electron chi connectivity index (χ0n) is 8.59. The Morgan fingerprint density at radius 1 is 1.47 bits per heavy atom. The summed E-state index contributed by atoms with van der Waals surface area (Å²) in [4.78, 5) is 0. The molecule has 0 aliphatic rings. The lowest BCUT2D eigenvalue weighted by Gasteiger charge is -2.04. The molecule has 0 saturated heterocycles. The van der Waals surface area contributed by atoms with Crippen LogP contribution in [0, 0.1) is 0 Å². The van der Waals surface area contributed by atoms with E-state index in [1.54, 1.807) is 17.1 Å². The van der Waals surface area contributed by atoms with Gasteiger partial charge in [-0.1, -0.05) is 6.92 Å². The topological polar surface area (TPSA) is 69.6 Å². The number of hydrogen-bond acceptors (Lipinski definition) is 4. The van der Waals surface area contributed by atoms with E-state index < -0.39 is 0 Å². The van der Waals surface area contributed by atoms with E-state index in [0.29, 0.717) is 6.54 Å². The Labute approximate surface area is 87.9 Å². The zero-order chi connectivity index (χ0) is 10.7. The fourth-order valence-corrected chi connectivity index (χ4v) is 1.56. The lowest BCUT2D eigenvalue weighted by atomic mass is 10.2. The third kappa shape index (κ3) is 1.73. The largest absolute Gasteiger partial charge is 0.326 e. The summed E-state index contributed by atoms with van der Waals surface area (Å²) in [5.41, 5.74) is 7.78. The van der Waals surface area contributed by atoms with Crippen molar-refractivity contribution in [3.05, 3.63) is 35.8 Å².